The minimum Gasteiger partial charge on any atom is -0.473 e. The molecule has 5 N–H and O–H groups in total. The van der Waals surface area contributed by atoms with E-state index in [1.54, 1.807) is 31.3 Å². The molecule has 0 radical (unpaired) electrons. The zero-order valence-electron chi connectivity index (χ0n) is 32.1. The van der Waals surface area contributed by atoms with Crippen molar-refractivity contribution in [1.29, 1.82) is 16.2 Å². The number of hydroxylamine groups is 1. The average molecular weight is 701 g/mol. The van der Waals surface area contributed by atoms with Gasteiger partial charge in [-0.1, -0.05) is 139 Å². The van der Waals surface area contributed by atoms with Crippen LogP contribution in [0, 0.1) is 23.2 Å². The molecule has 4 aromatic rings. The molecular formula is C45H56N4O3. The van der Waals surface area contributed by atoms with Crippen LogP contribution >= 0.6 is 0 Å². The van der Waals surface area contributed by atoms with Gasteiger partial charge in [0.15, 0.2) is 0 Å². The first-order chi connectivity index (χ1) is 24.7. The summed E-state index contributed by atoms with van der Waals surface area (Å²) in [4.78, 5) is 5.02. The highest BCUT2D eigenvalue weighted by molar-refractivity contribution is 5.94. The topological polar surface area (TPSA) is 122 Å². The van der Waals surface area contributed by atoms with E-state index < -0.39 is 0 Å². The number of ether oxygens (including phenoxy) is 1. The lowest BCUT2D eigenvalue weighted by Crippen LogP contribution is -2.15. The second kappa shape index (κ2) is 20.5. The van der Waals surface area contributed by atoms with E-state index in [9.17, 15) is 5.11 Å². The number of aliphatic hydroxyl groups is 1. The van der Waals surface area contributed by atoms with Crippen LogP contribution in [0.15, 0.2) is 122 Å². The normalized spacial score (nSPS) is 11.6. The van der Waals surface area contributed by atoms with E-state index in [1.807, 2.05) is 54.6 Å². The first kappa shape index (κ1) is 42.8. The molecule has 0 aliphatic rings. The SMILES string of the molecule is C=C/C(=C\C(=C/CO)c1ccc(C(=N)ONC)cc1)c1ccc(C(=N)OCc2ccc(C(C)(C)C)cc2)cc1.C=N.Cc1ccc(C(C)(C)C)cc1. The molecule has 0 heterocycles. The zero-order valence-corrected chi connectivity index (χ0v) is 32.1. The quantitative estimate of drug-likeness (QED) is 0.0489. The second-order valence-corrected chi connectivity index (χ2v) is 14.1. The van der Waals surface area contributed by atoms with Crippen molar-refractivity contribution < 1.29 is 14.7 Å². The molecule has 0 aliphatic carbocycles. The molecule has 274 valence electrons. The minimum atomic E-state index is -0.122. The number of allylic oxidation sites excluding steroid dienone is 4. The number of hydrogen-bond donors (Lipinski definition) is 5. The maximum atomic E-state index is 9.61. The summed E-state index contributed by atoms with van der Waals surface area (Å²) >= 11 is 0. The monoisotopic (exact) mass is 700 g/mol. The molecule has 0 spiro atoms. The van der Waals surface area contributed by atoms with Gasteiger partial charge < -0.3 is 20.1 Å². The Bertz CT molecular complexity index is 1790. The summed E-state index contributed by atoms with van der Waals surface area (Å²) in [5, 5.41) is 31.4. The summed E-state index contributed by atoms with van der Waals surface area (Å²) < 4.78 is 5.75. The number of rotatable bonds is 10. The first-order valence-corrected chi connectivity index (χ1v) is 17.2. The van der Waals surface area contributed by atoms with Crippen molar-refractivity contribution in [2.75, 3.05) is 13.7 Å². The molecule has 0 bridgehead atoms. The van der Waals surface area contributed by atoms with Crippen LogP contribution in [0.5, 0.6) is 0 Å². The minimum absolute atomic E-state index is 0.0205. The van der Waals surface area contributed by atoms with Gasteiger partial charge in [0.05, 0.1) is 6.61 Å². The van der Waals surface area contributed by atoms with Crippen molar-refractivity contribution in [3.05, 3.63) is 166 Å². The molecule has 0 unspecified atom stereocenters. The second-order valence-electron chi connectivity index (χ2n) is 14.1. The molecule has 0 amide bonds. The highest BCUT2D eigenvalue weighted by Gasteiger charge is 2.14. The molecule has 0 saturated carbocycles. The van der Waals surface area contributed by atoms with E-state index in [0.717, 1.165) is 27.8 Å². The molecule has 0 aromatic heterocycles. The summed E-state index contributed by atoms with van der Waals surface area (Å²) in [6.07, 6.45) is 5.43. The third-order valence-electron chi connectivity index (χ3n) is 8.13. The summed E-state index contributed by atoms with van der Waals surface area (Å²) in [7, 11) is 1.60. The molecule has 52 heavy (non-hydrogen) atoms. The van der Waals surface area contributed by atoms with Gasteiger partial charge in [0.25, 0.3) is 0 Å². The highest BCUT2D eigenvalue weighted by atomic mass is 16.6. The summed E-state index contributed by atoms with van der Waals surface area (Å²) in [5.74, 6) is 0.131. The summed E-state index contributed by atoms with van der Waals surface area (Å²) in [6.45, 7) is 22.0. The number of benzene rings is 4. The van der Waals surface area contributed by atoms with E-state index in [2.05, 4.69) is 104 Å². The fourth-order valence-electron chi connectivity index (χ4n) is 4.97. The van der Waals surface area contributed by atoms with Gasteiger partial charge in [0.1, 0.15) is 6.61 Å². The molecule has 0 saturated heterocycles. The number of aryl methyl sites for hydroxylation is 1. The Balaban J connectivity index is 0.000000608. The van der Waals surface area contributed by atoms with Gasteiger partial charge in [-0.05, 0) is 93.8 Å². The molecule has 7 heteroatoms. The average Bonchev–Trinajstić information content (AvgIpc) is 3.13. The molecule has 4 aromatic carbocycles. The smallest absolute Gasteiger partial charge is 0.237 e. The zero-order chi connectivity index (χ0) is 38.9. The molecule has 0 fully saturated rings. The van der Waals surface area contributed by atoms with Crippen molar-refractivity contribution in [1.82, 2.24) is 5.48 Å². The molecule has 0 atom stereocenters. The van der Waals surface area contributed by atoms with E-state index in [-0.39, 0.29) is 29.2 Å². The number of nitrogens with one attached hydrogen (secondary N) is 4. The van der Waals surface area contributed by atoms with Crippen molar-refractivity contribution in [3.8, 4) is 0 Å². The first-order valence-electron chi connectivity index (χ1n) is 17.2. The maximum Gasteiger partial charge on any atom is 0.237 e. The third-order valence-corrected chi connectivity index (χ3v) is 8.13. The van der Waals surface area contributed by atoms with Crippen molar-refractivity contribution in [3.63, 3.8) is 0 Å². The van der Waals surface area contributed by atoms with E-state index >= 15 is 0 Å². The van der Waals surface area contributed by atoms with E-state index in [0.29, 0.717) is 17.7 Å². The van der Waals surface area contributed by atoms with Gasteiger partial charge in [-0.2, -0.15) is 5.48 Å². The lowest BCUT2D eigenvalue weighted by Gasteiger charge is -2.19. The van der Waals surface area contributed by atoms with Crippen LogP contribution in [0.3, 0.4) is 0 Å². The van der Waals surface area contributed by atoms with Gasteiger partial charge in [-0.3, -0.25) is 10.8 Å². The van der Waals surface area contributed by atoms with Gasteiger partial charge in [0, 0.05) is 18.2 Å². The van der Waals surface area contributed by atoms with Crippen LogP contribution in [-0.2, 0) is 27.0 Å². The largest absolute Gasteiger partial charge is 0.473 e. The van der Waals surface area contributed by atoms with Gasteiger partial charge in [-0.15, -0.1) is 0 Å². The van der Waals surface area contributed by atoms with Crippen LogP contribution in [0.2, 0.25) is 0 Å². The summed E-state index contributed by atoms with van der Waals surface area (Å²) in [6, 6.07) is 31.9. The molecule has 4 rings (SSSR count). The Labute approximate surface area is 311 Å². The maximum absolute atomic E-state index is 9.61. The summed E-state index contributed by atoms with van der Waals surface area (Å²) in [5.41, 5.74) is 12.7. The van der Waals surface area contributed by atoms with E-state index in [1.165, 1.54) is 16.7 Å². The van der Waals surface area contributed by atoms with Crippen molar-refractivity contribution in [2.24, 2.45) is 0 Å². The fourth-order valence-corrected chi connectivity index (χ4v) is 4.97. The highest BCUT2D eigenvalue weighted by Crippen LogP contribution is 2.26. The molecule has 0 aliphatic heterocycles. The van der Waals surface area contributed by atoms with Gasteiger partial charge in [-0.25, -0.2) is 0 Å². The third kappa shape index (κ3) is 13.4. The Morgan fingerprint density at radius 1 is 0.673 bits per heavy atom. The standard InChI is InChI=1S/C33H37N3O3.C11H16.CH3N/c1-6-24(21-29(19-20-37)26-11-15-28(16-12-26)32(35)39-36-5)25-9-13-27(14-10-25)31(34)38-22-23-7-17-30(18-8-23)33(2,3)4;1-9-5-7-10(8-6-9)11(2,3)4;1-2/h6-19,21,34-37H,1,20,22H2,2-5H3;5-8H,1-4H3;2H,1H2/b24-21+,29-19+,34-31?,35-32?;;. The van der Waals surface area contributed by atoms with Crippen LogP contribution in [-0.4, -0.2) is 37.3 Å². The molecule has 7 nitrogen and oxygen atoms in total. The van der Waals surface area contributed by atoms with Crippen LogP contribution in [0.25, 0.3) is 11.1 Å². The predicted octanol–water partition coefficient (Wildman–Crippen LogP) is 10.2. The fraction of sp³-hybridized carbons (Fsp3) is 0.267. The Morgan fingerprint density at radius 2 is 1.10 bits per heavy atom. The molecular weight excluding hydrogens is 645 g/mol. The van der Waals surface area contributed by atoms with Gasteiger partial charge in [0.2, 0.25) is 11.8 Å². The van der Waals surface area contributed by atoms with Crippen molar-refractivity contribution >= 4 is 29.7 Å². The van der Waals surface area contributed by atoms with E-state index in [4.69, 9.17) is 25.8 Å². The predicted molar refractivity (Wildman–Crippen MR) is 220 cm³/mol. The Morgan fingerprint density at radius 3 is 1.52 bits per heavy atom. The van der Waals surface area contributed by atoms with Crippen LogP contribution < -0.4 is 5.48 Å². The van der Waals surface area contributed by atoms with Gasteiger partial charge >= 0.3 is 0 Å². The Kier molecular flexibility index (Phi) is 16.8. The van der Waals surface area contributed by atoms with Crippen molar-refractivity contribution in [2.45, 2.75) is 65.9 Å². The number of hydrogen-bond acceptors (Lipinski definition) is 7. The van der Waals surface area contributed by atoms with Crippen LogP contribution in [0.4, 0.5) is 0 Å². The van der Waals surface area contributed by atoms with Crippen LogP contribution in [0.1, 0.15) is 86.1 Å². The lowest BCUT2D eigenvalue weighted by atomic mass is 9.87. The number of aliphatic hydroxyl groups excluding tert-OH is 1. The Hall–Kier alpha value is -5.37. The lowest BCUT2D eigenvalue weighted by molar-refractivity contribution is 0.208.